The van der Waals surface area contributed by atoms with Crippen molar-refractivity contribution in [1.29, 1.82) is 0 Å². The number of quaternary nitrogens is 1. The summed E-state index contributed by atoms with van der Waals surface area (Å²) < 4.78 is 0. The van der Waals surface area contributed by atoms with E-state index < -0.39 is 0 Å². The Balaban J connectivity index is 1.81. The van der Waals surface area contributed by atoms with Gasteiger partial charge in [-0.15, -0.1) is 0 Å². The molecule has 0 saturated carbocycles. The molecule has 2 aromatic rings. The standard InChI is InChI=1S/C20H22N2O2/c1-14-9-10-17(15(2)11-14)22-19(23)12-18(20(22)24)21(3)13-16-7-5-4-6-8-16/h4-11,18H,12-13H2,1-3H3/p+1. The maximum absolute atomic E-state index is 12.9. The molecule has 0 spiro atoms. The minimum Gasteiger partial charge on any atom is -0.323 e. The van der Waals surface area contributed by atoms with Crippen molar-refractivity contribution >= 4 is 17.5 Å². The minimum absolute atomic E-state index is 0.0969. The van der Waals surface area contributed by atoms with Crippen molar-refractivity contribution in [2.75, 3.05) is 11.9 Å². The van der Waals surface area contributed by atoms with Gasteiger partial charge in [-0.3, -0.25) is 9.59 Å². The lowest BCUT2D eigenvalue weighted by Gasteiger charge is -2.21. The fraction of sp³-hybridized carbons (Fsp3) is 0.300. The molecule has 124 valence electrons. The van der Waals surface area contributed by atoms with Crippen molar-refractivity contribution in [3.63, 3.8) is 0 Å². The summed E-state index contributed by atoms with van der Waals surface area (Å²) in [6.45, 7) is 4.67. The summed E-state index contributed by atoms with van der Waals surface area (Å²) in [6, 6.07) is 15.6. The number of aryl methyl sites for hydroxylation is 2. The zero-order chi connectivity index (χ0) is 17.3. The number of carbonyl (C=O) groups is 2. The molecule has 4 heteroatoms. The third-order valence-electron chi connectivity index (χ3n) is 4.66. The number of likely N-dealkylation sites (N-methyl/N-ethyl adjacent to an activating group) is 1. The molecule has 2 atom stereocenters. The molecule has 0 radical (unpaired) electrons. The van der Waals surface area contributed by atoms with E-state index in [0.29, 0.717) is 5.69 Å². The quantitative estimate of drug-likeness (QED) is 0.870. The molecule has 0 aromatic heterocycles. The van der Waals surface area contributed by atoms with Gasteiger partial charge in [-0.25, -0.2) is 4.90 Å². The molecule has 0 aliphatic carbocycles. The van der Waals surface area contributed by atoms with E-state index in [-0.39, 0.29) is 24.3 Å². The van der Waals surface area contributed by atoms with Crippen LogP contribution in [0.4, 0.5) is 5.69 Å². The zero-order valence-electron chi connectivity index (χ0n) is 14.4. The van der Waals surface area contributed by atoms with Crippen LogP contribution in [0.25, 0.3) is 0 Å². The van der Waals surface area contributed by atoms with Gasteiger partial charge in [-0.05, 0) is 25.5 Å². The highest BCUT2D eigenvalue weighted by atomic mass is 16.2. The number of carbonyl (C=O) groups excluding carboxylic acids is 2. The fourth-order valence-corrected chi connectivity index (χ4v) is 3.37. The smallest absolute Gasteiger partial charge is 0.292 e. The van der Waals surface area contributed by atoms with Gasteiger partial charge in [-0.1, -0.05) is 48.0 Å². The molecule has 1 aliphatic rings. The van der Waals surface area contributed by atoms with Gasteiger partial charge >= 0.3 is 0 Å². The van der Waals surface area contributed by atoms with Crippen LogP contribution in [-0.2, 0) is 16.1 Å². The average molecular weight is 323 g/mol. The first kappa shape index (κ1) is 16.4. The SMILES string of the molecule is Cc1ccc(N2C(=O)CC([NH+](C)Cc3ccccc3)C2=O)c(C)c1. The lowest BCUT2D eigenvalue weighted by Crippen LogP contribution is -3.12. The van der Waals surface area contributed by atoms with E-state index in [1.807, 2.05) is 69.4 Å². The maximum Gasteiger partial charge on any atom is 0.292 e. The molecular formula is C20H23N2O2+. The van der Waals surface area contributed by atoms with E-state index in [1.54, 1.807) is 0 Å². The van der Waals surface area contributed by atoms with E-state index in [0.717, 1.165) is 22.6 Å². The van der Waals surface area contributed by atoms with Crippen molar-refractivity contribution in [3.05, 3.63) is 65.2 Å². The molecule has 1 saturated heterocycles. The van der Waals surface area contributed by atoms with Crippen LogP contribution < -0.4 is 9.80 Å². The van der Waals surface area contributed by atoms with Crippen LogP contribution in [0.2, 0.25) is 0 Å². The van der Waals surface area contributed by atoms with Crippen LogP contribution in [0.1, 0.15) is 23.1 Å². The summed E-state index contributed by atoms with van der Waals surface area (Å²) >= 11 is 0. The number of nitrogens with one attached hydrogen (secondary N) is 1. The summed E-state index contributed by atoms with van der Waals surface area (Å²) in [5.41, 5.74) is 3.96. The van der Waals surface area contributed by atoms with Gasteiger partial charge in [0, 0.05) is 5.56 Å². The molecule has 1 N–H and O–H groups in total. The molecule has 2 amide bonds. The Kier molecular flexibility index (Phi) is 4.49. The van der Waals surface area contributed by atoms with Gasteiger partial charge < -0.3 is 4.90 Å². The van der Waals surface area contributed by atoms with Gasteiger partial charge in [-0.2, -0.15) is 0 Å². The summed E-state index contributed by atoms with van der Waals surface area (Å²) in [7, 11) is 1.98. The van der Waals surface area contributed by atoms with Gasteiger partial charge in [0.05, 0.1) is 19.2 Å². The van der Waals surface area contributed by atoms with E-state index >= 15 is 0 Å². The van der Waals surface area contributed by atoms with Crippen LogP contribution in [-0.4, -0.2) is 24.9 Å². The number of anilines is 1. The predicted molar refractivity (Wildman–Crippen MR) is 93.8 cm³/mol. The Bertz CT molecular complexity index is 770. The monoisotopic (exact) mass is 323 g/mol. The predicted octanol–water partition coefficient (Wildman–Crippen LogP) is 1.65. The van der Waals surface area contributed by atoms with Crippen molar-refractivity contribution < 1.29 is 14.5 Å². The first-order valence-electron chi connectivity index (χ1n) is 8.27. The highest BCUT2D eigenvalue weighted by Gasteiger charge is 2.44. The van der Waals surface area contributed by atoms with Crippen LogP contribution in [0.3, 0.4) is 0 Å². The van der Waals surface area contributed by atoms with Crippen molar-refractivity contribution in [2.45, 2.75) is 32.9 Å². The van der Waals surface area contributed by atoms with Crippen molar-refractivity contribution in [3.8, 4) is 0 Å². The molecule has 3 rings (SSSR count). The van der Waals surface area contributed by atoms with Gasteiger partial charge in [0.15, 0.2) is 6.04 Å². The Morgan fingerprint density at radius 3 is 2.46 bits per heavy atom. The lowest BCUT2D eigenvalue weighted by molar-refractivity contribution is -0.908. The van der Waals surface area contributed by atoms with E-state index in [2.05, 4.69) is 0 Å². The first-order valence-corrected chi connectivity index (χ1v) is 8.27. The van der Waals surface area contributed by atoms with Gasteiger partial charge in [0.25, 0.3) is 5.91 Å². The minimum atomic E-state index is -0.321. The molecule has 1 aliphatic heterocycles. The second kappa shape index (κ2) is 6.57. The molecule has 2 unspecified atom stereocenters. The van der Waals surface area contributed by atoms with E-state index in [1.165, 1.54) is 10.5 Å². The number of imide groups is 1. The average Bonchev–Trinajstić information content (AvgIpc) is 2.84. The normalized spacial score (nSPS) is 19.0. The van der Waals surface area contributed by atoms with Crippen LogP contribution in [0.5, 0.6) is 0 Å². The number of rotatable bonds is 4. The van der Waals surface area contributed by atoms with Gasteiger partial charge in [0.1, 0.15) is 6.54 Å². The number of hydrogen-bond donors (Lipinski definition) is 1. The molecule has 1 fully saturated rings. The van der Waals surface area contributed by atoms with Crippen LogP contribution in [0.15, 0.2) is 48.5 Å². The number of benzene rings is 2. The highest BCUT2D eigenvalue weighted by Crippen LogP contribution is 2.26. The third kappa shape index (κ3) is 3.10. The summed E-state index contributed by atoms with van der Waals surface area (Å²) in [4.78, 5) is 27.8. The van der Waals surface area contributed by atoms with Crippen LogP contribution in [0, 0.1) is 13.8 Å². The van der Waals surface area contributed by atoms with E-state index in [9.17, 15) is 9.59 Å². The second-order valence-electron chi connectivity index (χ2n) is 6.62. The lowest BCUT2D eigenvalue weighted by atomic mass is 10.1. The largest absolute Gasteiger partial charge is 0.323 e. The Labute approximate surface area is 142 Å². The Morgan fingerprint density at radius 2 is 1.79 bits per heavy atom. The van der Waals surface area contributed by atoms with Gasteiger partial charge in [0.2, 0.25) is 5.91 Å². The first-order chi connectivity index (χ1) is 11.5. The molecule has 2 aromatic carbocycles. The third-order valence-corrected chi connectivity index (χ3v) is 4.66. The molecule has 4 nitrogen and oxygen atoms in total. The summed E-state index contributed by atoms with van der Waals surface area (Å²) in [6.07, 6.45) is 0.269. The van der Waals surface area contributed by atoms with Crippen LogP contribution >= 0.6 is 0 Å². The Hall–Kier alpha value is -2.46. The maximum atomic E-state index is 12.9. The topological polar surface area (TPSA) is 41.8 Å². The molecule has 24 heavy (non-hydrogen) atoms. The molecular weight excluding hydrogens is 300 g/mol. The second-order valence-corrected chi connectivity index (χ2v) is 6.62. The van der Waals surface area contributed by atoms with Crippen molar-refractivity contribution in [1.82, 2.24) is 0 Å². The van der Waals surface area contributed by atoms with Crippen molar-refractivity contribution in [2.24, 2.45) is 0 Å². The number of amides is 2. The molecule has 1 heterocycles. The number of nitrogens with zero attached hydrogens (tertiary/aromatic N) is 1. The van der Waals surface area contributed by atoms with E-state index in [4.69, 9.17) is 0 Å². The summed E-state index contributed by atoms with van der Waals surface area (Å²) in [5, 5.41) is 0. The highest BCUT2D eigenvalue weighted by molar-refractivity contribution is 6.22. The molecule has 0 bridgehead atoms. The Morgan fingerprint density at radius 1 is 1.08 bits per heavy atom. The summed E-state index contributed by atoms with van der Waals surface area (Å²) in [5.74, 6) is -0.204. The fourth-order valence-electron chi connectivity index (χ4n) is 3.37. The number of hydrogen-bond acceptors (Lipinski definition) is 2. The zero-order valence-corrected chi connectivity index (χ0v) is 14.4.